The number of para-hydroxylation sites is 9. The molecule has 10 heteroatoms. The zero-order valence-electron chi connectivity index (χ0n) is 58.0. The van der Waals surface area contributed by atoms with Crippen molar-refractivity contribution in [2.24, 2.45) is 0 Å². The van der Waals surface area contributed by atoms with E-state index in [9.17, 15) is 0 Å². The van der Waals surface area contributed by atoms with Gasteiger partial charge in [-0.3, -0.25) is 17.9 Å². The van der Waals surface area contributed by atoms with E-state index in [2.05, 4.69) is 379 Å². The third kappa shape index (κ3) is 8.41. The zero-order valence-corrected chi connectivity index (χ0v) is 58.0. The van der Waals surface area contributed by atoms with E-state index >= 15 is 0 Å². The van der Waals surface area contributed by atoms with Crippen molar-refractivity contribution < 1.29 is 0 Å². The number of imidazole rings is 2. The Bertz CT molecular complexity index is 8000. The SMILES string of the molecule is c1ccc(-n2c3ccccc3c3ccc(-c4cccc(-c5ccc6c(c5)c5ccccc5n6-c5nc6ccc(-c7cccc8c7c7c9ccccc9ccc7n8-c7ccc(-c8ccc9c(c8)c8ccccc8n9-c8nc9ccccc9c9nc%10ccccc%10n89)cc7)cc6c6nc7ccccc7n56)c4)cc32)cc1. The van der Waals surface area contributed by atoms with Crippen LogP contribution in [0.5, 0.6) is 0 Å². The molecule has 0 saturated carbocycles. The summed E-state index contributed by atoms with van der Waals surface area (Å²) in [6.45, 7) is 0. The van der Waals surface area contributed by atoms with E-state index in [4.69, 9.17) is 19.9 Å². The molecule has 24 rings (SSSR count). The maximum atomic E-state index is 5.76. The molecule has 0 saturated heterocycles. The number of benzene rings is 16. The molecule has 0 aliphatic carbocycles. The molecule has 10 nitrogen and oxygen atoms in total. The van der Waals surface area contributed by atoms with Gasteiger partial charge in [0, 0.05) is 65.2 Å². The Balaban J connectivity index is 0.623. The molecule has 0 aliphatic rings. The molecule has 0 unspecified atom stereocenters. The lowest BCUT2D eigenvalue weighted by atomic mass is 9.96. The molecule has 0 atom stereocenters. The van der Waals surface area contributed by atoms with Gasteiger partial charge in [-0.15, -0.1) is 0 Å². The zero-order chi connectivity index (χ0) is 70.4. The van der Waals surface area contributed by atoms with Gasteiger partial charge in [0.2, 0.25) is 11.9 Å². The smallest absolute Gasteiger partial charge is 0.221 e. The second-order valence-corrected chi connectivity index (χ2v) is 28.5. The molecule has 500 valence electrons. The first-order chi connectivity index (χ1) is 53.6. The van der Waals surface area contributed by atoms with E-state index in [0.29, 0.717) is 0 Å². The molecule has 108 heavy (non-hydrogen) atoms. The summed E-state index contributed by atoms with van der Waals surface area (Å²) in [4.78, 5) is 21.9. The number of hydrogen-bond acceptors (Lipinski definition) is 4. The Labute approximate surface area is 616 Å². The van der Waals surface area contributed by atoms with Crippen LogP contribution in [0.1, 0.15) is 0 Å². The van der Waals surface area contributed by atoms with Gasteiger partial charge in [-0.25, -0.2) is 19.9 Å². The average Bonchev–Trinajstić information content (AvgIpc) is 1.56. The fraction of sp³-hybridized carbons (Fsp3) is 0. The van der Waals surface area contributed by atoms with E-state index in [1.54, 1.807) is 0 Å². The Morgan fingerprint density at radius 3 is 1.27 bits per heavy atom. The van der Waals surface area contributed by atoms with Crippen molar-refractivity contribution in [1.82, 2.24) is 47.0 Å². The summed E-state index contributed by atoms with van der Waals surface area (Å²) in [6.07, 6.45) is 0. The van der Waals surface area contributed by atoms with Crippen LogP contribution in [0.25, 0.3) is 221 Å². The standard InChI is InChI=1S/C98H58N10/c1-2-23-67(24-3-1)103-83-34-13-7-26-71(83)74-49-42-65(58-92(74)103)62-22-18-21-61(54-62)64-46-52-87-77(56-64)73-28-9-15-36-85(73)106(87)98-102-80-50-43-66(57-78(80)96-100-82-33-12-17-38-89(82)108(96)98)70-30-19-39-90-94(70)93-69-25-5-4-20-60(69)44-53-91(93)104(90)68-47-40-59(41-48-68)63-45-51-86-76(55-63)72-27-8-14-35-84(72)105(86)97-101-79-31-10-6-29-75(79)95-99-81-32-11-16-37-88(81)107(95)97/h1-58H. The topological polar surface area (TPSA) is 80.1 Å². The lowest BCUT2D eigenvalue weighted by molar-refractivity contribution is 0.979. The lowest BCUT2D eigenvalue weighted by Crippen LogP contribution is -2.06. The molecular formula is C98H58N10. The van der Waals surface area contributed by atoms with Gasteiger partial charge in [0.25, 0.3) is 0 Å². The van der Waals surface area contributed by atoms with Gasteiger partial charge < -0.3 is 9.13 Å². The summed E-state index contributed by atoms with van der Waals surface area (Å²) in [6, 6.07) is 128. The Kier molecular flexibility index (Phi) is 12.2. The van der Waals surface area contributed by atoms with E-state index in [1.165, 1.54) is 48.9 Å². The summed E-state index contributed by atoms with van der Waals surface area (Å²) in [5.74, 6) is 1.58. The normalized spacial score (nSPS) is 12.3. The van der Waals surface area contributed by atoms with Crippen molar-refractivity contribution in [3.8, 4) is 67.8 Å². The first-order valence-corrected chi connectivity index (χ1v) is 36.8. The van der Waals surface area contributed by atoms with Crippen molar-refractivity contribution >= 4 is 153 Å². The third-order valence-corrected chi connectivity index (χ3v) is 22.8. The summed E-state index contributed by atoms with van der Waals surface area (Å²) < 4.78 is 14.0. The average molecular weight is 1380 g/mol. The quantitative estimate of drug-likeness (QED) is 0.152. The van der Waals surface area contributed by atoms with Crippen LogP contribution in [0.3, 0.4) is 0 Å². The molecule has 0 aliphatic heterocycles. The molecule has 0 amide bonds. The minimum Gasteiger partial charge on any atom is -0.309 e. The summed E-state index contributed by atoms with van der Waals surface area (Å²) in [5, 5.41) is 13.9. The molecule has 0 spiro atoms. The second kappa shape index (κ2) is 22.4. The molecular weight excluding hydrogens is 1320 g/mol. The van der Waals surface area contributed by atoms with Crippen molar-refractivity contribution in [2.45, 2.75) is 0 Å². The number of nitrogens with zero attached hydrogens (tertiary/aromatic N) is 10. The van der Waals surface area contributed by atoms with Gasteiger partial charge in [-0.1, -0.05) is 212 Å². The molecule has 8 heterocycles. The number of hydrogen-bond donors (Lipinski definition) is 0. The van der Waals surface area contributed by atoms with Crippen LogP contribution in [-0.2, 0) is 0 Å². The van der Waals surface area contributed by atoms with E-state index in [1.807, 2.05) is 0 Å². The van der Waals surface area contributed by atoms with Crippen LogP contribution in [0.15, 0.2) is 352 Å². The minimum absolute atomic E-state index is 0.777. The fourth-order valence-electron chi connectivity index (χ4n) is 17.9. The molecule has 8 aromatic heterocycles. The highest BCUT2D eigenvalue weighted by Gasteiger charge is 2.26. The second-order valence-electron chi connectivity index (χ2n) is 28.5. The minimum atomic E-state index is 0.777. The Morgan fingerprint density at radius 2 is 0.602 bits per heavy atom. The van der Waals surface area contributed by atoms with E-state index in [-0.39, 0.29) is 0 Å². The largest absolute Gasteiger partial charge is 0.309 e. The highest BCUT2D eigenvalue weighted by Crippen LogP contribution is 2.46. The Hall–Kier alpha value is -14.7. The predicted molar refractivity (Wildman–Crippen MR) is 446 cm³/mol. The molecule has 0 fully saturated rings. The molecule has 24 aromatic rings. The van der Waals surface area contributed by atoms with Gasteiger partial charge in [-0.05, 0) is 195 Å². The van der Waals surface area contributed by atoms with E-state index < -0.39 is 0 Å². The van der Waals surface area contributed by atoms with Crippen molar-refractivity contribution in [1.29, 1.82) is 0 Å². The summed E-state index contributed by atoms with van der Waals surface area (Å²) in [7, 11) is 0. The summed E-state index contributed by atoms with van der Waals surface area (Å²) >= 11 is 0. The van der Waals surface area contributed by atoms with Crippen molar-refractivity contribution in [3.63, 3.8) is 0 Å². The highest BCUT2D eigenvalue weighted by atomic mass is 15.2. The van der Waals surface area contributed by atoms with Crippen molar-refractivity contribution in [3.05, 3.63) is 352 Å². The Morgan fingerprint density at radius 1 is 0.185 bits per heavy atom. The fourth-order valence-corrected chi connectivity index (χ4v) is 17.9. The molecule has 0 radical (unpaired) electrons. The van der Waals surface area contributed by atoms with Crippen LogP contribution < -0.4 is 0 Å². The number of rotatable bonds is 8. The highest BCUT2D eigenvalue weighted by molar-refractivity contribution is 6.26. The van der Waals surface area contributed by atoms with Gasteiger partial charge in [0.05, 0.1) is 77.2 Å². The molecule has 0 N–H and O–H groups in total. The summed E-state index contributed by atoms with van der Waals surface area (Å²) in [5.41, 5.74) is 27.6. The van der Waals surface area contributed by atoms with Crippen LogP contribution in [0, 0.1) is 0 Å². The van der Waals surface area contributed by atoms with Crippen LogP contribution in [0.4, 0.5) is 0 Å². The maximum absolute atomic E-state index is 5.76. The number of aromatic nitrogens is 10. The van der Waals surface area contributed by atoms with Crippen LogP contribution in [-0.4, -0.2) is 47.0 Å². The monoisotopic (exact) mass is 1370 g/mol. The third-order valence-electron chi connectivity index (χ3n) is 22.8. The van der Waals surface area contributed by atoms with Crippen molar-refractivity contribution in [2.75, 3.05) is 0 Å². The molecule has 16 aromatic carbocycles. The van der Waals surface area contributed by atoms with Gasteiger partial charge in [0.1, 0.15) is 11.3 Å². The van der Waals surface area contributed by atoms with Gasteiger partial charge >= 0.3 is 0 Å². The van der Waals surface area contributed by atoms with Gasteiger partial charge in [-0.2, -0.15) is 0 Å². The predicted octanol–water partition coefficient (Wildman–Crippen LogP) is 24.6. The van der Waals surface area contributed by atoms with E-state index in [0.717, 1.165) is 172 Å². The first-order valence-electron chi connectivity index (χ1n) is 36.8. The lowest BCUT2D eigenvalue weighted by Gasteiger charge is -2.14. The first kappa shape index (κ1) is 58.7. The van der Waals surface area contributed by atoms with Gasteiger partial charge in [0.15, 0.2) is 0 Å². The maximum Gasteiger partial charge on any atom is 0.221 e. The number of fused-ring (bicyclic) bond motifs is 24. The molecule has 0 bridgehead atoms. The van der Waals surface area contributed by atoms with Crippen LogP contribution in [0.2, 0.25) is 0 Å². The van der Waals surface area contributed by atoms with Crippen LogP contribution >= 0.6 is 0 Å².